The van der Waals surface area contributed by atoms with Crippen molar-refractivity contribution in [1.29, 1.82) is 0 Å². The Morgan fingerprint density at radius 2 is 1.81 bits per heavy atom. The van der Waals surface area contributed by atoms with E-state index in [-0.39, 0.29) is 28.9 Å². The van der Waals surface area contributed by atoms with Crippen LogP contribution < -0.4 is 5.73 Å². The quantitative estimate of drug-likeness (QED) is 0.245. The fraction of sp³-hybridized carbons (Fsp3) is 0.417. The number of rotatable bonds is 9. The zero-order valence-electron chi connectivity index (χ0n) is 15.6. The molecule has 3 rings (SSSR count). The van der Waals surface area contributed by atoms with E-state index in [0.717, 1.165) is 6.33 Å². The summed E-state index contributed by atoms with van der Waals surface area (Å²) in [4.78, 5) is 47.7. The van der Waals surface area contributed by atoms with Gasteiger partial charge in [-0.3, -0.25) is 4.52 Å². The molecule has 0 spiro atoms. The minimum absolute atomic E-state index is 0.000757. The van der Waals surface area contributed by atoms with E-state index in [1.165, 1.54) is 10.9 Å². The first kappa shape index (κ1) is 25.0. The van der Waals surface area contributed by atoms with E-state index < -0.39 is 54.6 Å². The van der Waals surface area contributed by atoms with Gasteiger partial charge in [0, 0.05) is 18.4 Å². The van der Waals surface area contributed by atoms with Crippen LogP contribution in [0.15, 0.2) is 24.6 Å². The van der Waals surface area contributed by atoms with E-state index in [9.17, 15) is 33.0 Å². The van der Waals surface area contributed by atoms with Crippen molar-refractivity contribution in [2.45, 2.75) is 6.04 Å². The maximum Gasteiger partial charge on any atom is 0.490 e. The molecule has 2 heterocycles. The van der Waals surface area contributed by atoms with Crippen LogP contribution in [0.25, 0.3) is 11.2 Å². The molecule has 2 unspecified atom stereocenters. The van der Waals surface area contributed by atoms with Gasteiger partial charge in [0.25, 0.3) is 0 Å². The van der Waals surface area contributed by atoms with Gasteiger partial charge in [0.05, 0.1) is 25.3 Å². The highest BCUT2D eigenvalue weighted by Gasteiger charge is 2.49. The zero-order chi connectivity index (χ0) is 23.9. The lowest BCUT2D eigenvalue weighted by Gasteiger charge is -2.46. The Kier molecular flexibility index (Phi) is 7.01. The van der Waals surface area contributed by atoms with Crippen LogP contribution in [0.1, 0.15) is 6.04 Å². The summed E-state index contributed by atoms with van der Waals surface area (Å²) in [5.74, 6) is -1.70. The number of anilines is 1. The fourth-order valence-electron chi connectivity index (χ4n) is 3.33. The number of fused-ring (bicyclic) bond motifs is 1. The molecule has 0 aromatic carbocycles. The van der Waals surface area contributed by atoms with E-state index in [2.05, 4.69) is 28.1 Å². The van der Waals surface area contributed by atoms with Gasteiger partial charge in [-0.15, -0.1) is 0 Å². The molecule has 1 aliphatic carbocycles. The summed E-state index contributed by atoms with van der Waals surface area (Å²) >= 11 is 0. The molecule has 2 aromatic heterocycles. The van der Waals surface area contributed by atoms with Crippen LogP contribution in [0.3, 0.4) is 0 Å². The highest BCUT2D eigenvalue weighted by Crippen LogP contribution is 2.66. The van der Waals surface area contributed by atoms with E-state index >= 15 is 0 Å². The summed E-state index contributed by atoms with van der Waals surface area (Å²) in [7, 11) is -16.6. The Balaban J connectivity index is 1.75. The molecule has 0 amide bonds. The summed E-state index contributed by atoms with van der Waals surface area (Å²) in [5, 5.41) is 9.76. The number of hydrogen-bond donors (Lipinski definition) is 6. The predicted molar refractivity (Wildman–Crippen MR) is 102 cm³/mol. The average molecular weight is 519 g/mol. The number of nitrogen functional groups attached to an aromatic ring is 1. The lowest BCUT2D eigenvalue weighted by Crippen LogP contribution is -2.45. The number of aromatic nitrogens is 4. The number of aliphatic hydroxyl groups is 1. The smallest absolute Gasteiger partial charge is 0.396 e. The molecule has 7 N–H and O–H groups in total. The van der Waals surface area contributed by atoms with E-state index in [1.54, 1.807) is 0 Å². The third-order valence-corrected chi connectivity index (χ3v) is 8.35. The molecule has 0 aliphatic heterocycles. The molecule has 0 bridgehead atoms. The largest absolute Gasteiger partial charge is 0.490 e. The molecule has 20 heteroatoms. The van der Waals surface area contributed by atoms with Crippen molar-refractivity contribution in [2.75, 3.05) is 18.9 Å². The number of phosphoric acid groups is 3. The molecular formula is C12H17FN5O11P3. The van der Waals surface area contributed by atoms with Crippen LogP contribution in [0.2, 0.25) is 0 Å². The van der Waals surface area contributed by atoms with Gasteiger partial charge in [0.1, 0.15) is 11.8 Å². The Hall–Kier alpha value is -1.61. The second-order valence-corrected chi connectivity index (χ2v) is 10.9. The number of nitrogens with two attached hydrogens (primary N) is 1. The molecule has 0 saturated heterocycles. The van der Waals surface area contributed by atoms with Crippen molar-refractivity contribution in [3.8, 4) is 0 Å². The third kappa shape index (κ3) is 5.30. The Bertz CT molecular complexity index is 1180. The lowest BCUT2D eigenvalue weighted by molar-refractivity contribution is 0.0476. The molecule has 0 radical (unpaired) electrons. The maximum atomic E-state index is 13.7. The van der Waals surface area contributed by atoms with Crippen LogP contribution in [-0.4, -0.2) is 57.4 Å². The van der Waals surface area contributed by atoms with Gasteiger partial charge in [-0.25, -0.2) is 33.0 Å². The van der Waals surface area contributed by atoms with Crippen LogP contribution in [0.5, 0.6) is 0 Å². The summed E-state index contributed by atoms with van der Waals surface area (Å²) in [6.07, 6.45) is 2.65. The molecule has 2 aromatic rings. The number of aliphatic hydroxyl groups excluding tert-OH is 1. The van der Waals surface area contributed by atoms with Crippen molar-refractivity contribution >= 4 is 40.4 Å². The van der Waals surface area contributed by atoms with Gasteiger partial charge in [-0.1, -0.05) is 0 Å². The lowest BCUT2D eigenvalue weighted by atomic mass is 9.66. The predicted octanol–water partition coefficient (Wildman–Crippen LogP) is 0.385. The van der Waals surface area contributed by atoms with Gasteiger partial charge in [-0.05, 0) is 5.57 Å². The van der Waals surface area contributed by atoms with E-state index in [4.69, 9.17) is 15.5 Å². The first-order chi connectivity index (χ1) is 14.8. The molecule has 1 fully saturated rings. The molecule has 1 saturated carbocycles. The molecule has 1 aliphatic rings. The van der Waals surface area contributed by atoms with Crippen molar-refractivity contribution in [1.82, 2.24) is 19.5 Å². The summed E-state index contributed by atoms with van der Waals surface area (Å²) < 4.78 is 60.8. The molecule has 32 heavy (non-hydrogen) atoms. The molecular weight excluding hydrogens is 502 g/mol. The number of phosphoric ester groups is 1. The SMILES string of the molecule is Nc1ncnc2c1ncn2[C@H]1/C(=C\F)[C@@H](COP(=O)(O)OP(=O)(O)OP(=O)(O)O)[C@@H]1CO. The van der Waals surface area contributed by atoms with E-state index in [1.807, 2.05) is 0 Å². The highest BCUT2D eigenvalue weighted by atomic mass is 31.3. The minimum Gasteiger partial charge on any atom is -0.396 e. The Morgan fingerprint density at radius 3 is 2.41 bits per heavy atom. The first-order valence-corrected chi connectivity index (χ1v) is 12.9. The second kappa shape index (κ2) is 8.97. The first-order valence-electron chi connectivity index (χ1n) is 8.41. The fourth-order valence-corrected chi connectivity index (χ4v) is 6.37. The van der Waals surface area contributed by atoms with Gasteiger partial charge >= 0.3 is 23.5 Å². The standard InChI is InChI=1S/C12H17FN5O11P3/c13-1-6-8(3-27-31(23,24)29-32(25,26)28-30(20,21)22)7(2-19)10(6)18-5-17-9-11(14)15-4-16-12(9)18/h1,4-5,7-8,10,19H,2-3H2,(H,23,24)(H,25,26)(H2,14,15,16)(H2,20,21,22)/b6-1-/t7-,8+,10-/m0/s1. The normalized spacial score (nSPS) is 26.6. The van der Waals surface area contributed by atoms with Crippen molar-refractivity contribution in [2.24, 2.45) is 11.8 Å². The van der Waals surface area contributed by atoms with Gasteiger partial charge in [0.2, 0.25) is 0 Å². The van der Waals surface area contributed by atoms with Crippen LogP contribution in [0, 0.1) is 11.8 Å². The molecule has 178 valence electrons. The molecule has 5 atom stereocenters. The molecule has 16 nitrogen and oxygen atoms in total. The Labute approximate surface area is 178 Å². The summed E-state index contributed by atoms with van der Waals surface area (Å²) in [5.41, 5.74) is 6.19. The topological polar surface area (TPSA) is 250 Å². The number of imidazole rings is 1. The number of hydrogen-bond acceptors (Lipinski definition) is 11. The summed E-state index contributed by atoms with van der Waals surface area (Å²) in [6.45, 7) is -1.31. The van der Waals surface area contributed by atoms with Crippen molar-refractivity contribution in [3.63, 3.8) is 0 Å². The van der Waals surface area contributed by atoms with Crippen molar-refractivity contribution < 1.29 is 55.9 Å². The van der Waals surface area contributed by atoms with Crippen LogP contribution >= 0.6 is 23.5 Å². The van der Waals surface area contributed by atoms with Gasteiger partial charge in [0.15, 0.2) is 11.5 Å². The zero-order valence-corrected chi connectivity index (χ0v) is 18.3. The number of halogens is 1. The maximum absolute atomic E-state index is 13.7. The number of nitrogens with zero attached hydrogens (tertiary/aromatic N) is 4. The van der Waals surface area contributed by atoms with Crippen molar-refractivity contribution in [3.05, 3.63) is 24.6 Å². The van der Waals surface area contributed by atoms with Crippen LogP contribution in [-0.2, 0) is 26.8 Å². The average Bonchev–Trinajstić information content (AvgIpc) is 3.03. The minimum atomic E-state index is -5.69. The van der Waals surface area contributed by atoms with Crippen LogP contribution in [0.4, 0.5) is 10.2 Å². The van der Waals surface area contributed by atoms with Gasteiger partial charge < -0.3 is 35.0 Å². The Morgan fingerprint density at radius 1 is 1.12 bits per heavy atom. The highest BCUT2D eigenvalue weighted by molar-refractivity contribution is 7.66. The summed E-state index contributed by atoms with van der Waals surface area (Å²) in [6, 6.07) is -0.821. The third-order valence-electron chi connectivity index (χ3n) is 4.55. The monoisotopic (exact) mass is 519 g/mol. The van der Waals surface area contributed by atoms with E-state index in [0.29, 0.717) is 0 Å². The van der Waals surface area contributed by atoms with Gasteiger partial charge in [-0.2, -0.15) is 8.62 Å². The second-order valence-electron chi connectivity index (χ2n) is 6.48.